The first kappa shape index (κ1) is 21.0. The van der Waals surface area contributed by atoms with Crippen LogP contribution in [0.1, 0.15) is 12.0 Å². The number of alkyl halides is 4. The van der Waals surface area contributed by atoms with E-state index in [1.165, 1.54) is 0 Å². The summed E-state index contributed by atoms with van der Waals surface area (Å²) in [4.78, 5) is 7.22. The highest BCUT2D eigenvalue weighted by molar-refractivity contribution is 6.30. The zero-order valence-corrected chi connectivity index (χ0v) is 15.1. The molecule has 1 aromatic heterocycles. The molecule has 1 aromatic carbocycles. The number of amidine groups is 1. The molecule has 3 rings (SSSR count). The lowest BCUT2D eigenvalue weighted by Crippen LogP contribution is -2.48. The number of nitrogens with two attached hydrogens (primary N) is 1. The Morgan fingerprint density at radius 1 is 1.24 bits per heavy atom. The van der Waals surface area contributed by atoms with Crippen molar-refractivity contribution in [2.45, 2.75) is 24.2 Å². The topological polar surface area (TPSA) is 69.7 Å². The molecular formula is C17H12ClF6N3O2. The van der Waals surface area contributed by atoms with Gasteiger partial charge in [0.25, 0.3) is 11.9 Å². The predicted octanol–water partition coefficient (Wildman–Crippen LogP) is 4.64. The van der Waals surface area contributed by atoms with Gasteiger partial charge in [-0.15, -0.1) is 0 Å². The normalized spacial score (nSPS) is 22.0. The van der Waals surface area contributed by atoms with E-state index in [0.717, 1.165) is 30.5 Å². The van der Waals surface area contributed by atoms with Gasteiger partial charge in [0.1, 0.15) is 23.8 Å². The third-order valence-electron chi connectivity index (χ3n) is 4.12. The minimum absolute atomic E-state index is 0.00348. The van der Waals surface area contributed by atoms with E-state index in [0.29, 0.717) is 0 Å². The molecule has 1 aliphatic rings. The van der Waals surface area contributed by atoms with Gasteiger partial charge >= 0.3 is 6.18 Å². The molecule has 12 heteroatoms. The summed E-state index contributed by atoms with van der Waals surface area (Å²) in [5.74, 6) is -2.73. The number of pyridine rings is 1. The number of benzene rings is 1. The minimum atomic E-state index is -4.89. The Bertz CT molecular complexity index is 955. The zero-order chi connectivity index (χ0) is 21.4. The lowest BCUT2D eigenvalue weighted by Gasteiger charge is -2.36. The quantitative estimate of drug-likeness (QED) is 0.705. The average molecular weight is 440 g/mol. The zero-order valence-electron chi connectivity index (χ0n) is 14.3. The van der Waals surface area contributed by atoms with Crippen LogP contribution in [-0.4, -0.2) is 30.0 Å². The molecule has 5 nitrogen and oxygen atoms in total. The van der Waals surface area contributed by atoms with Gasteiger partial charge in [0.2, 0.25) is 0 Å². The fraction of sp³-hybridized carbons (Fsp3) is 0.294. The Balaban J connectivity index is 2.02. The largest absolute Gasteiger partial charge is 0.452 e. The molecule has 1 aliphatic heterocycles. The van der Waals surface area contributed by atoms with Crippen molar-refractivity contribution in [1.82, 2.24) is 4.98 Å². The maximum atomic E-state index is 14.4. The number of rotatable bonds is 4. The number of ether oxygens (including phenoxy) is 2. The molecule has 0 radical (unpaired) electrons. The third-order valence-corrected chi connectivity index (χ3v) is 4.33. The summed E-state index contributed by atoms with van der Waals surface area (Å²) in [5.41, 5.74) is 2.42. The summed E-state index contributed by atoms with van der Waals surface area (Å²) in [5, 5.41) is -0.00348. The van der Waals surface area contributed by atoms with E-state index in [2.05, 4.69) is 14.7 Å². The van der Waals surface area contributed by atoms with Crippen LogP contribution in [0.4, 0.5) is 26.3 Å². The van der Waals surface area contributed by atoms with E-state index >= 15 is 0 Å². The van der Waals surface area contributed by atoms with Gasteiger partial charge in [0.15, 0.2) is 11.9 Å². The van der Waals surface area contributed by atoms with E-state index in [1.807, 2.05) is 0 Å². The highest BCUT2D eigenvalue weighted by Crippen LogP contribution is 2.42. The number of nitrogens with zero attached hydrogens (tertiary/aromatic N) is 2. The first-order valence-electron chi connectivity index (χ1n) is 7.98. The molecule has 0 aliphatic carbocycles. The van der Waals surface area contributed by atoms with E-state index in [1.54, 1.807) is 0 Å². The Labute approximate surface area is 165 Å². The van der Waals surface area contributed by atoms with Crippen molar-refractivity contribution in [2.75, 3.05) is 6.67 Å². The van der Waals surface area contributed by atoms with Crippen molar-refractivity contribution in [2.24, 2.45) is 10.7 Å². The maximum absolute atomic E-state index is 14.4. The molecule has 156 valence electrons. The van der Waals surface area contributed by atoms with Crippen molar-refractivity contribution in [3.05, 3.63) is 52.7 Å². The Kier molecular flexibility index (Phi) is 5.52. The number of hydrogen-bond acceptors (Lipinski definition) is 5. The number of aromatic nitrogens is 1. The molecule has 2 N–H and O–H groups in total. The van der Waals surface area contributed by atoms with Crippen molar-refractivity contribution in [3.63, 3.8) is 0 Å². The molecule has 2 aromatic rings. The highest BCUT2D eigenvalue weighted by Gasteiger charge is 2.52. The van der Waals surface area contributed by atoms with Crippen LogP contribution in [0.5, 0.6) is 11.6 Å². The lowest BCUT2D eigenvalue weighted by molar-refractivity contribution is -0.209. The van der Waals surface area contributed by atoms with Gasteiger partial charge in [-0.1, -0.05) is 11.6 Å². The van der Waals surface area contributed by atoms with Gasteiger partial charge < -0.3 is 15.2 Å². The van der Waals surface area contributed by atoms with Crippen molar-refractivity contribution < 1.29 is 35.8 Å². The van der Waals surface area contributed by atoms with Crippen molar-refractivity contribution in [1.29, 1.82) is 0 Å². The summed E-state index contributed by atoms with van der Waals surface area (Å²) >= 11 is 5.59. The molecule has 0 spiro atoms. The molecular weight excluding hydrogens is 428 g/mol. The smallest absolute Gasteiger partial charge is 0.425 e. The van der Waals surface area contributed by atoms with Crippen LogP contribution in [0, 0.1) is 11.6 Å². The molecule has 2 atom stereocenters. The van der Waals surface area contributed by atoms with Crippen LogP contribution in [0.3, 0.4) is 0 Å². The molecule has 0 fully saturated rings. The summed E-state index contributed by atoms with van der Waals surface area (Å²) in [6.45, 7) is -1.50. The monoisotopic (exact) mass is 439 g/mol. The SMILES string of the molecule is NC1=NC(CF)(c2cc(Oc3ncc(Cl)cc3F)ccc2F)CC(C(F)(F)F)O1. The first-order valence-corrected chi connectivity index (χ1v) is 8.35. The summed E-state index contributed by atoms with van der Waals surface area (Å²) in [7, 11) is 0. The van der Waals surface area contributed by atoms with Gasteiger partial charge in [-0.2, -0.15) is 13.2 Å². The second-order valence-corrected chi connectivity index (χ2v) is 6.59. The maximum Gasteiger partial charge on any atom is 0.425 e. The fourth-order valence-electron chi connectivity index (χ4n) is 2.80. The number of halogens is 7. The van der Waals surface area contributed by atoms with Gasteiger partial charge in [0.05, 0.1) is 5.02 Å². The van der Waals surface area contributed by atoms with Crippen LogP contribution in [0.15, 0.2) is 35.5 Å². The summed E-state index contributed by atoms with van der Waals surface area (Å²) in [6, 6.07) is 2.76. The van der Waals surface area contributed by atoms with Crippen LogP contribution >= 0.6 is 11.6 Å². The number of aliphatic imine (C=N–C) groups is 1. The van der Waals surface area contributed by atoms with Crippen LogP contribution < -0.4 is 10.5 Å². The minimum Gasteiger partial charge on any atom is -0.452 e. The van der Waals surface area contributed by atoms with E-state index in [4.69, 9.17) is 22.1 Å². The van der Waals surface area contributed by atoms with E-state index in [9.17, 15) is 26.3 Å². The van der Waals surface area contributed by atoms with Gasteiger partial charge in [0, 0.05) is 18.2 Å². The Morgan fingerprint density at radius 2 is 1.97 bits per heavy atom. The van der Waals surface area contributed by atoms with Gasteiger partial charge in [-0.05, 0) is 24.3 Å². The van der Waals surface area contributed by atoms with Gasteiger partial charge in [-0.25, -0.2) is 23.1 Å². The Morgan fingerprint density at radius 3 is 2.59 bits per heavy atom. The molecule has 0 amide bonds. The predicted molar refractivity (Wildman–Crippen MR) is 90.5 cm³/mol. The Hall–Kier alpha value is -2.69. The molecule has 0 bridgehead atoms. The standard InChI is InChI=1S/C17H12ClF6N3O2/c18-8-3-12(21)14(26-6-8)28-9-1-2-11(20)10(4-9)16(7-19)5-13(17(22,23)24)29-15(25)27-16/h1-4,6,13H,5,7H2,(H2,25,27). The number of hydrogen-bond donors (Lipinski definition) is 1. The van der Waals surface area contributed by atoms with E-state index < -0.39 is 60.0 Å². The van der Waals surface area contributed by atoms with Crippen molar-refractivity contribution >= 4 is 17.6 Å². The second-order valence-electron chi connectivity index (χ2n) is 6.15. The molecule has 2 unspecified atom stereocenters. The molecule has 0 saturated carbocycles. The molecule has 29 heavy (non-hydrogen) atoms. The van der Waals surface area contributed by atoms with Gasteiger partial charge in [-0.3, -0.25) is 0 Å². The highest BCUT2D eigenvalue weighted by atomic mass is 35.5. The summed E-state index contributed by atoms with van der Waals surface area (Å²) < 4.78 is 91.2. The molecule has 0 saturated heterocycles. The average Bonchev–Trinajstić information content (AvgIpc) is 2.64. The van der Waals surface area contributed by atoms with Crippen LogP contribution in [0.2, 0.25) is 5.02 Å². The van der Waals surface area contributed by atoms with Crippen molar-refractivity contribution in [3.8, 4) is 11.6 Å². The molecule has 2 heterocycles. The second kappa shape index (κ2) is 7.62. The van der Waals surface area contributed by atoms with Crippen LogP contribution in [-0.2, 0) is 10.3 Å². The van der Waals surface area contributed by atoms with E-state index in [-0.39, 0.29) is 10.8 Å². The first-order chi connectivity index (χ1) is 13.5. The fourth-order valence-corrected chi connectivity index (χ4v) is 2.94. The lowest BCUT2D eigenvalue weighted by atomic mass is 9.84. The third kappa shape index (κ3) is 4.34. The van der Waals surface area contributed by atoms with Crippen LogP contribution in [0.25, 0.3) is 0 Å². The summed E-state index contributed by atoms with van der Waals surface area (Å²) in [6.07, 6.45) is -7.34.